The molecule has 1 heterocycles. The predicted molar refractivity (Wildman–Crippen MR) is 109 cm³/mol. The van der Waals surface area contributed by atoms with Crippen molar-refractivity contribution in [2.75, 3.05) is 5.32 Å². The summed E-state index contributed by atoms with van der Waals surface area (Å²) in [4.78, 5) is 14.6. The highest BCUT2D eigenvalue weighted by Gasteiger charge is 2.16. The minimum atomic E-state index is -0.354. The van der Waals surface area contributed by atoms with Gasteiger partial charge in [-0.15, -0.1) is 0 Å². The summed E-state index contributed by atoms with van der Waals surface area (Å²) < 4.78 is 18.7. The molecule has 0 aliphatic carbocycles. The van der Waals surface area contributed by atoms with E-state index < -0.39 is 0 Å². The SMILES string of the molecule is Cc1cccc(CN(Cc2ccc(C(=O)Nc3ccc(F)cc3)o2)C(C)C)c1. The van der Waals surface area contributed by atoms with E-state index >= 15 is 0 Å². The summed E-state index contributed by atoms with van der Waals surface area (Å²) in [5, 5.41) is 2.71. The number of nitrogens with one attached hydrogen (secondary N) is 1. The van der Waals surface area contributed by atoms with Crippen molar-refractivity contribution in [2.45, 2.75) is 39.9 Å². The first-order valence-corrected chi connectivity index (χ1v) is 9.36. The predicted octanol–water partition coefficient (Wildman–Crippen LogP) is 5.39. The van der Waals surface area contributed by atoms with Crippen molar-refractivity contribution in [3.8, 4) is 0 Å². The topological polar surface area (TPSA) is 45.5 Å². The molecule has 1 aromatic heterocycles. The Kier molecular flexibility index (Phi) is 6.26. The van der Waals surface area contributed by atoms with Crippen molar-refractivity contribution in [3.63, 3.8) is 0 Å². The summed E-state index contributed by atoms with van der Waals surface area (Å²) in [5.74, 6) is 0.262. The van der Waals surface area contributed by atoms with E-state index in [2.05, 4.69) is 55.3 Å². The zero-order valence-corrected chi connectivity index (χ0v) is 16.4. The molecule has 0 saturated carbocycles. The van der Waals surface area contributed by atoms with E-state index in [1.54, 1.807) is 6.07 Å². The lowest BCUT2D eigenvalue weighted by atomic mass is 10.1. The van der Waals surface area contributed by atoms with Crippen molar-refractivity contribution in [3.05, 3.63) is 89.1 Å². The number of hydrogen-bond acceptors (Lipinski definition) is 3. The van der Waals surface area contributed by atoms with Gasteiger partial charge in [0, 0.05) is 18.3 Å². The number of amides is 1. The summed E-state index contributed by atoms with van der Waals surface area (Å²) in [6.45, 7) is 7.77. The smallest absolute Gasteiger partial charge is 0.291 e. The minimum Gasteiger partial charge on any atom is -0.455 e. The van der Waals surface area contributed by atoms with Crippen molar-refractivity contribution in [1.29, 1.82) is 0 Å². The van der Waals surface area contributed by atoms with E-state index in [9.17, 15) is 9.18 Å². The fourth-order valence-electron chi connectivity index (χ4n) is 2.98. The van der Waals surface area contributed by atoms with E-state index in [0.29, 0.717) is 18.3 Å². The first-order valence-electron chi connectivity index (χ1n) is 9.36. The molecule has 1 amide bonds. The van der Waals surface area contributed by atoms with Crippen LogP contribution in [0.25, 0.3) is 0 Å². The van der Waals surface area contributed by atoms with Crippen LogP contribution in [-0.2, 0) is 13.1 Å². The molecule has 28 heavy (non-hydrogen) atoms. The molecule has 1 N–H and O–H groups in total. The average molecular weight is 380 g/mol. The molecule has 0 fully saturated rings. The Hall–Kier alpha value is -2.92. The van der Waals surface area contributed by atoms with Crippen molar-refractivity contribution >= 4 is 11.6 Å². The van der Waals surface area contributed by atoms with Gasteiger partial charge in [-0.3, -0.25) is 9.69 Å². The van der Waals surface area contributed by atoms with Crippen LogP contribution in [0.15, 0.2) is 65.1 Å². The standard InChI is InChI=1S/C23H25FN2O2/c1-16(2)26(14-18-6-4-5-17(3)13-18)15-21-11-12-22(28-21)23(27)25-20-9-7-19(24)8-10-20/h4-13,16H,14-15H2,1-3H3,(H,25,27). The summed E-state index contributed by atoms with van der Waals surface area (Å²) >= 11 is 0. The van der Waals surface area contributed by atoms with Gasteiger partial charge in [-0.2, -0.15) is 0 Å². The van der Waals surface area contributed by atoms with Crippen molar-refractivity contribution in [1.82, 2.24) is 4.90 Å². The molecule has 0 radical (unpaired) electrons. The van der Waals surface area contributed by atoms with Crippen LogP contribution in [0.1, 0.15) is 41.3 Å². The lowest BCUT2D eigenvalue weighted by molar-refractivity contribution is 0.0991. The van der Waals surface area contributed by atoms with E-state index in [4.69, 9.17) is 4.42 Å². The van der Waals surface area contributed by atoms with Gasteiger partial charge in [-0.05, 0) is 62.7 Å². The fraction of sp³-hybridized carbons (Fsp3) is 0.261. The molecule has 0 atom stereocenters. The molecular weight excluding hydrogens is 355 g/mol. The number of carbonyl (C=O) groups excluding carboxylic acids is 1. The Bertz CT molecular complexity index is 932. The number of furan rings is 1. The lowest BCUT2D eigenvalue weighted by Crippen LogP contribution is -2.29. The first-order chi connectivity index (χ1) is 13.4. The molecule has 0 saturated heterocycles. The lowest BCUT2D eigenvalue weighted by Gasteiger charge is -2.25. The molecule has 0 spiro atoms. The summed E-state index contributed by atoms with van der Waals surface area (Å²) in [7, 11) is 0. The number of aryl methyl sites for hydroxylation is 1. The van der Waals surface area contributed by atoms with E-state index in [-0.39, 0.29) is 17.5 Å². The molecule has 0 bridgehead atoms. The van der Waals surface area contributed by atoms with Crippen LogP contribution in [0.2, 0.25) is 0 Å². The number of nitrogens with zero attached hydrogens (tertiary/aromatic N) is 1. The Balaban J connectivity index is 1.65. The molecule has 3 rings (SSSR count). The van der Waals surface area contributed by atoms with Crippen LogP contribution in [-0.4, -0.2) is 16.8 Å². The highest BCUT2D eigenvalue weighted by atomic mass is 19.1. The zero-order valence-electron chi connectivity index (χ0n) is 16.4. The maximum absolute atomic E-state index is 13.0. The average Bonchev–Trinajstić information content (AvgIpc) is 3.12. The van der Waals surface area contributed by atoms with Gasteiger partial charge in [0.25, 0.3) is 5.91 Å². The molecule has 5 heteroatoms. The molecule has 2 aromatic carbocycles. The maximum atomic E-state index is 13.0. The number of rotatable bonds is 7. The molecule has 0 aliphatic rings. The first kappa shape index (κ1) is 19.8. The molecular formula is C23H25FN2O2. The van der Waals surface area contributed by atoms with Gasteiger partial charge in [-0.1, -0.05) is 29.8 Å². The van der Waals surface area contributed by atoms with Crippen LogP contribution in [0.5, 0.6) is 0 Å². The van der Waals surface area contributed by atoms with Gasteiger partial charge in [-0.25, -0.2) is 4.39 Å². The summed E-state index contributed by atoms with van der Waals surface area (Å²) in [6, 6.07) is 17.9. The number of anilines is 1. The minimum absolute atomic E-state index is 0.235. The highest BCUT2D eigenvalue weighted by Crippen LogP contribution is 2.18. The maximum Gasteiger partial charge on any atom is 0.291 e. The van der Waals surface area contributed by atoms with Crippen LogP contribution >= 0.6 is 0 Å². The number of halogens is 1. The molecule has 0 aliphatic heterocycles. The Morgan fingerprint density at radius 3 is 2.50 bits per heavy atom. The van der Waals surface area contributed by atoms with Gasteiger partial charge in [0.2, 0.25) is 0 Å². The summed E-state index contributed by atoms with van der Waals surface area (Å²) in [5.41, 5.74) is 3.00. The highest BCUT2D eigenvalue weighted by molar-refractivity contribution is 6.02. The Morgan fingerprint density at radius 1 is 1.07 bits per heavy atom. The number of benzene rings is 2. The monoisotopic (exact) mass is 380 g/mol. The second kappa shape index (κ2) is 8.85. The van der Waals surface area contributed by atoms with Crippen molar-refractivity contribution in [2.24, 2.45) is 0 Å². The second-order valence-corrected chi connectivity index (χ2v) is 7.21. The molecule has 4 nitrogen and oxygen atoms in total. The van der Waals surface area contributed by atoms with Gasteiger partial charge in [0.1, 0.15) is 11.6 Å². The van der Waals surface area contributed by atoms with Crippen molar-refractivity contribution < 1.29 is 13.6 Å². The third kappa shape index (κ3) is 5.30. The van der Waals surface area contributed by atoms with Gasteiger partial charge in [0.15, 0.2) is 5.76 Å². The second-order valence-electron chi connectivity index (χ2n) is 7.21. The molecule has 146 valence electrons. The zero-order chi connectivity index (χ0) is 20.1. The third-order valence-electron chi connectivity index (χ3n) is 4.54. The van der Waals surface area contributed by atoms with Gasteiger partial charge < -0.3 is 9.73 Å². The van der Waals surface area contributed by atoms with E-state index in [1.165, 1.54) is 35.4 Å². The quantitative estimate of drug-likeness (QED) is 0.598. The van der Waals surface area contributed by atoms with E-state index in [1.807, 2.05) is 6.07 Å². The van der Waals surface area contributed by atoms with Crippen LogP contribution in [0, 0.1) is 12.7 Å². The Morgan fingerprint density at radius 2 is 1.82 bits per heavy atom. The van der Waals surface area contributed by atoms with Gasteiger partial charge >= 0.3 is 0 Å². The molecule has 3 aromatic rings. The van der Waals surface area contributed by atoms with Crippen LogP contribution in [0.3, 0.4) is 0 Å². The Labute approximate surface area is 165 Å². The van der Waals surface area contributed by atoms with Crippen LogP contribution in [0.4, 0.5) is 10.1 Å². The number of carbonyl (C=O) groups is 1. The number of hydrogen-bond donors (Lipinski definition) is 1. The summed E-state index contributed by atoms with van der Waals surface area (Å²) in [6.07, 6.45) is 0. The third-order valence-corrected chi connectivity index (χ3v) is 4.54. The van der Waals surface area contributed by atoms with Crippen LogP contribution < -0.4 is 5.32 Å². The fourth-order valence-corrected chi connectivity index (χ4v) is 2.98. The van der Waals surface area contributed by atoms with Gasteiger partial charge in [0.05, 0.1) is 6.54 Å². The normalized spacial score (nSPS) is 11.2. The largest absolute Gasteiger partial charge is 0.455 e. The molecule has 0 unspecified atom stereocenters. The van der Waals surface area contributed by atoms with E-state index in [0.717, 1.165) is 12.3 Å².